The summed E-state index contributed by atoms with van der Waals surface area (Å²) < 4.78 is 17.8. The van der Waals surface area contributed by atoms with Crippen LogP contribution in [0.5, 0.6) is 5.75 Å². The Bertz CT molecular complexity index is 1610. The van der Waals surface area contributed by atoms with Gasteiger partial charge in [-0.15, -0.1) is 0 Å². The van der Waals surface area contributed by atoms with Crippen LogP contribution in [0.1, 0.15) is 135 Å². The largest absolute Gasteiger partial charge is 0.481 e. The van der Waals surface area contributed by atoms with Gasteiger partial charge in [0.25, 0.3) is 0 Å². The molecule has 1 heterocycles. The molecule has 2 aromatic rings. The van der Waals surface area contributed by atoms with Gasteiger partial charge in [0.2, 0.25) is 0 Å². The van der Waals surface area contributed by atoms with Crippen LogP contribution >= 0.6 is 0 Å². The van der Waals surface area contributed by atoms with E-state index < -0.39 is 0 Å². The van der Waals surface area contributed by atoms with E-state index in [-0.39, 0.29) is 29.7 Å². The molecule has 3 fully saturated rings. The Labute approximate surface area is 288 Å². The fourth-order valence-corrected chi connectivity index (χ4v) is 11.9. The third-order valence-electron chi connectivity index (χ3n) is 14.5. The van der Waals surface area contributed by atoms with E-state index in [1.54, 1.807) is 0 Å². The second-order valence-electron chi connectivity index (χ2n) is 17.6. The van der Waals surface area contributed by atoms with Crippen molar-refractivity contribution in [1.29, 1.82) is 0 Å². The SMILES string of the molecule is Cc1c(OCC(=O)O[C@H]2CC[C@@]3(C)C(=CC[C@H]4[C@@H]5CC[C@H]([C@H](C)CCCC(C)C)[C@@]5(C)CC[C@@H]43)C2)ccc2c3c(c(=O)oc12)CCCC3. The van der Waals surface area contributed by atoms with E-state index >= 15 is 0 Å². The average molecular weight is 657 g/mol. The van der Waals surface area contributed by atoms with Crippen LogP contribution in [0.15, 0.2) is 33.0 Å². The molecule has 1 aromatic heterocycles. The predicted molar refractivity (Wildman–Crippen MR) is 192 cm³/mol. The zero-order valence-electron chi connectivity index (χ0n) is 30.6. The Kier molecular flexibility index (Phi) is 9.39. The van der Waals surface area contributed by atoms with Gasteiger partial charge in [0, 0.05) is 22.9 Å². The molecule has 0 saturated heterocycles. The quantitative estimate of drug-likeness (QED) is 0.153. The molecule has 1 aromatic carbocycles. The Morgan fingerprint density at radius 2 is 1.77 bits per heavy atom. The lowest BCUT2D eigenvalue weighted by Gasteiger charge is -2.58. The van der Waals surface area contributed by atoms with Crippen LogP contribution in [0.3, 0.4) is 0 Å². The van der Waals surface area contributed by atoms with Crippen LogP contribution < -0.4 is 10.4 Å². The molecule has 0 bridgehead atoms. The molecule has 48 heavy (non-hydrogen) atoms. The molecule has 7 rings (SSSR count). The van der Waals surface area contributed by atoms with E-state index in [1.165, 1.54) is 56.9 Å². The zero-order chi connectivity index (χ0) is 33.8. The molecule has 5 aliphatic carbocycles. The number of hydrogen-bond donors (Lipinski definition) is 0. The van der Waals surface area contributed by atoms with Crippen LogP contribution in [0, 0.1) is 53.3 Å². The van der Waals surface area contributed by atoms with Gasteiger partial charge >= 0.3 is 11.6 Å². The number of ether oxygens (including phenoxy) is 2. The normalized spacial score (nSPS) is 33.3. The maximum absolute atomic E-state index is 13.1. The number of carbonyl (C=O) groups excluding carboxylic acids is 1. The fourth-order valence-electron chi connectivity index (χ4n) is 11.9. The van der Waals surface area contributed by atoms with E-state index in [0.717, 1.165) is 103 Å². The third-order valence-corrected chi connectivity index (χ3v) is 14.5. The van der Waals surface area contributed by atoms with Crippen LogP contribution in [-0.2, 0) is 22.4 Å². The smallest absolute Gasteiger partial charge is 0.344 e. The molecule has 0 aliphatic heterocycles. The number of carbonyl (C=O) groups is 1. The lowest BCUT2D eigenvalue weighted by atomic mass is 9.47. The number of esters is 1. The molecule has 8 atom stereocenters. The van der Waals surface area contributed by atoms with Crippen molar-refractivity contribution in [2.24, 2.45) is 46.3 Å². The summed E-state index contributed by atoms with van der Waals surface area (Å²) in [4.78, 5) is 25.8. The summed E-state index contributed by atoms with van der Waals surface area (Å²) in [7, 11) is 0. The monoisotopic (exact) mass is 656 g/mol. The minimum absolute atomic E-state index is 0.0874. The topological polar surface area (TPSA) is 65.7 Å². The number of aryl methyl sites for hydroxylation is 2. The van der Waals surface area contributed by atoms with Crippen molar-refractivity contribution in [3.05, 3.63) is 50.9 Å². The van der Waals surface area contributed by atoms with Gasteiger partial charge < -0.3 is 13.9 Å². The Morgan fingerprint density at radius 3 is 2.56 bits per heavy atom. The van der Waals surface area contributed by atoms with Gasteiger partial charge in [0.1, 0.15) is 17.4 Å². The average Bonchev–Trinajstić information content (AvgIpc) is 3.42. The van der Waals surface area contributed by atoms with Crippen molar-refractivity contribution in [1.82, 2.24) is 0 Å². The minimum Gasteiger partial charge on any atom is -0.481 e. The van der Waals surface area contributed by atoms with Crippen LogP contribution in [0.25, 0.3) is 11.0 Å². The summed E-state index contributed by atoms with van der Waals surface area (Å²) in [5, 5.41) is 0.993. The molecule has 5 heteroatoms. The Hall–Kier alpha value is -2.56. The van der Waals surface area contributed by atoms with Crippen molar-refractivity contribution in [3.8, 4) is 5.75 Å². The highest BCUT2D eigenvalue weighted by Gasteiger charge is 2.59. The predicted octanol–water partition coefficient (Wildman–Crippen LogP) is 10.3. The van der Waals surface area contributed by atoms with Crippen molar-refractivity contribution in [3.63, 3.8) is 0 Å². The van der Waals surface area contributed by atoms with E-state index in [1.807, 2.05) is 19.1 Å². The van der Waals surface area contributed by atoms with Gasteiger partial charge in [0.15, 0.2) is 6.61 Å². The summed E-state index contributed by atoms with van der Waals surface area (Å²) in [6, 6.07) is 3.89. The van der Waals surface area contributed by atoms with Crippen molar-refractivity contribution >= 4 is 16.9 Å². The molecule has 3 saturated carbocycles. The Balaban J connectivity index is 0.967. The summed E-state index contributed by atoms with van der Waals surface area (Å²) in [5.74, 6) is 5.20. The second-order valence-corrected chi connectivity index (χ2v) is 17.6. The van der Waals surface area contributed by atoms with E-state index in [9.17, 15) is 9.59 Å². The maximum Gasteiger partial charge on any atom is 0.344 e. The molecule has 5 aliphatic rings. The third kappa shape index (κ3) is 5.97. The number of hydrogen-bond acceptors (Lipinski definition) is 5. The van der Waals surface area contributed by atoms with Gasteiger partial charge in [-0.05, 0) is 142 Å². The van der Waals surface area contributed by atoms with Gasteiger partial charge in [-0.3, -0.25) is 0 Å². The number of rotatable bonds is 9. The summed E-state index contributed by atoms with van der Waals surface area (Å²) in [6.07, 6.45) is 20.1. The Morgan fingerprint density at radius 1 is 0.979 bits per heavy atom. The molecule has 0 amide bonds. The van der Waals surface area contributed by atoms with E-state index in [2.05, 4.69) is 40.7 Å². The highest BCUT2D eigenvalue weighted by Crippen LogP contribution is 2.67. The lowest BCUT2D eigenvalue weighted by Crippen LogP contribution is -2.51. The van der Waals surface area contributed by atoms with Gasteiger partial charge in [0.05, 0.1) is 0 Å². The van der Waals surface area contributed by atoms with Crippen LogP contribution in [-0.4, -0.2) is 18.7 Å². The molecule has 0 spiro atoms. The van der Waals surface area contributed by atoms with Gasteiger partial charge in [-0.1, -0.05) is 65.5 Å². The number of fused-ring (bicyclic) bond motifs is 8. The molecule has 262 valence electrons. The van der Waals surface area contributed by atoms with E-state index in [4.69, 9.17) is 13.9 Å². The first-order chi connectivity index (χ1) is 23.0. The first kappa shape index (κ1) is 33.9. The molecule has 0 radical (unpaired) electrons. The number of allylic oxidation sites excluding steroid dienone is 1. The van der Waals surface area contributed by atoms with Crippen molar-refractivity contribution < 1.29 is 18.7 Å². The molecule has 5 nitrogen and oxygen atoms in total. The first-order valence-corrected chi connectivity index (χ1v) is 19.6. The minimum atomic E-state index is -0.322. The molecular formula is C43H60O5. The zero-order valence-corrected chi connectivity index (χ0v) is 30.6. The van der Waals surface area contributed by atoms with Crippen LogP contribution in [0.4, 0.5) is 0 Å². The molecular weight excluding hydrogens is 596 g/mol. The van der Waals surface area contributed by atoms with E-state index in [0.29, 0.717) is 16.7 Å². The summed E-state index contributed by atoms with van der Waals surface area (Å²) >= 11 is 0. The highest BCUT2D eigenvalue weighted by atomic mass is 16.6. The fraction of sp³-hybridized carbons (Fsp3) is 0.721. The summed E-state index contributed by atoms with van der Waals surface area (Å²) in [6.45, 7) is 14.3. The molecule has 0 N–H and O–H groups in total. The second kappa shape index (κ2) is 13.3. The highest BCUT2D eigenvalue weighted by molar-refractivity contribution is 5.86. The standard InChI is InChI=1S/C43H60O5/c1-26(2)10-9-11-27(3)35-17-18-36-34-15-14-29-24-30(20-22-42(29,5)37(34)21-23-43(35,36)6)47-39(44)25-46-38-19-16-32-31-12-7-8-13-33(31)41(45)48-40(32)28(38)4/h14,16,19,26-27,30,34-37H,7-13,15,17-18,20-25H2,1-6H3/t27-,30+,34+,35-,36+,37+,42+,43-/m1/s1. The molecule has 0 unspecified atom stereocenters. The van der Waals surface area contributed by atoms with Crippen molar-refractivity contribution in [2.75, 3.05) is 6.61 Å². The lowest BCUT2D eigenvalue weighted by molar-refractivity contribution is -0.153. The van der Waals surface area contributed by atoms with Gasteiger partial charge in [-0.25, -0.2) is 9.59 Å². The maximum atomic E-state index is 13.1. The van der Waals surface area contributed by atoms with Crippen molar-refractivity contribution in [2.45, 2.75) is 144 Å². The number of benzene rings is 1. The summed E-state index contributed by atoms with van der Waals surface area (Å²) in [5.41, 5.74) is 5.32. The first-order valence-electron chi connectivity index (χ1n) is 19.6. The van der Waals surface area contributed by atoms with Gasteiger partial charge in [-0.2, -0.15) is 0 Å². The van der Waals surface area contributed by atoms with Crippen LogP contribution in [0.2, 0.25) is 0 Å².